The van der Waals surface area contributed by atoms with Gasteiger partial charge in [0.15, 0.2) is 0 Å². The van der Waals surface area contributed by atoms with Gasteiger partial charge in [0.25, 0.3) is 0 Å². The monoisotopic (exact) mass is 275 g/mol. The van der Waals surface area contributed by atoms with Gasteiger partial charge in [-0.15, -0.1) is 0 Å². The summed E-state index contributed by atoms with van der Waals surface area (Å²) < 4.78 is 36.7. The van der Waals surface area contributed by atoms with Crippen molar-refractivity contribution in [2.75, 3.05) is 0 Å². The molecule has 1 aromatic rings. The number of hydrogen-bond donors (Lipinski definition) is 1. The molecular weight excluding hydrogens is 259 g/mol. The van der Waals surface area contributed by atoms with E-state index in [2.05, 4.69) is 0 Å². The molecule has 1 aliphatic carbocycles. The van der Waals surface area contributed by atoms with Crippen molar-refractivity contribution in [3.63, 3.8) is 0 Å². The highest BCUT2D eigenvalue weighted by molar-refractivity contribution is 8.00. The highest BCUT2D eigenvalue weighted by Gasteiger charge is 2.53. The Kier molecular flexibility index (Phi) is 3.18. The average Bonchev–Trinajstić information content (AvgIpc) is 2.95. The first-order valence-electron chi connectivity index (χ1n) is 5.79. The molecule has 0 saturated heterocycles. The maximum Gasteiger partial charge on any atom is 0.446 e. The lowest BCUT2D eigenvalue weighted by Gasteiger charge is -2.31. The molecule has 1 aliphatic rings. The molecule has 2 N–H and O–H groups in total. The molecule has 0 atom stereocenters. The zero-order valence-corrected chi connectivity index (χ0v) is 11.2. The minimum absolute atomic E-state index is 0.0611. The van der Waals surface area contributed by atoms with E-state index in [9.17, 15) is 13.2 Å². The van der Waals surface area contributed by atoms with Crippen LogP contribution < -0.4 is 5.73 Å². The van der Waals surface area contributed by atoms with E-state index < -0.39 is 5.51 Å². The van der Waals surface area contributed by atoms with E-state index in [0.29, 0.717) is 0 Å². The molecule has 0 radical (unpaired) electrons. The Bertz CT molecular complexity index is 427. The van der Waals surface area contributed by atoms with Gasteiger partial charge in [-0.2, -0.15) is 13.2 Å². The van der Waals surface area contributed by atoms with Crippen LogP contribution in [0, 0.1) is 0 Å². The summed E-state index contributed by atoms with van der Waals surface area (Å²) in [4.78, 5) is 0.219. The fourth-order valence-corrected chi connectivity index (χ4v) is 2.95. The Morgan fingerprint density at radius 1 is 1.11 bits per heavy atom. The van der Waals surface area contributed by atoms with E-state index in [0.717, 1.165) is 18.4 Å². The van der Waals surface area contributed by atoms with E-state index >= 15 is 0 Å². The highest BCUT2D eigenvalue weighted by Crippen LogP contribution is 2.54. The van der Waals surface area contributed by atoms with Crippen LogP contribution in [0.2, 0.25) is 0 Å². The summed E-state index contributed by atoms with van der Waals surface area (Å²) in [5, 5.41) is 0. The number of benzene rings is 1. The lowest BCUT2D eigenvalue weighted by Crippen LogP contribution is -2.45. The van der Waals surface area contributed by atoms with E-state index in [-0.39, 0.29) is 27.6 Å². The number of hydrogen-bond acceptors (Lipinski definition) is 2. The maximum atomic E-state index is 12.2. The van der Waals surface area contributed by atoms with Crippen LogP contribution in [0.4, 0.5) is 13.2 Å². The first-order valence-corrected chi connectivity index (χ1v) is 6.61. The summed E-state index contributed by atoms with van der Waals surface area (Å²) >= 11 is -0.0833. The number of alkyl halides is 3. The predicted octanol–water partition coefficient (Wildman–Crippen LogP) is 4.07. The van der Waals surface area contributed by atoms with Gasteiger partial charge in [-0.1, -0.05) is 12.1 Å². The van der Waals surface area contributed by atoms with Crippen molar-refractivity contribution in [2.24, 2.45) is 5.73 Å². The topological polar surface area (TPSA) is 26.0 Å². The molecule has 0 spiro atoms. The summed E-state index contributed by atoms with van der Waals surface area (Å²) in [6.45, 7) is 3.94. The summed E-state index contributed by atoms with van der Waals surface area (Å²) in [6, 6.07) is 6.60. The second kappa shape index (κ2) is 4.17. The Morgan fingerprint density at radius 2 is 1.61 bits per heavy atom. The van der Waals surface area contributed by atoms with Crippen molar-refractivity contribution >= 4 is 11.8 Å². The third kappa shape index (κ3) is 2.67. The smallest absolute Gasteiger partial charge is 0.325 e. The van der Waals surface area contributed by atoms with Crippen molar-refractivity contribution in [1.29, 1.82) is 0 Å². The number of thioether (sulfide) groups is 1. The van der Waals surface area contributed by atoms with Gasteiger partial charge in [0, 0.05) is 15.8 Å². The quantitative estimate of drug-likeness (QED) is 0.842. The predicted molar refractivity (Wildman–Crippen MR) is 67.5 cm³/mol. The first-order chi connectivity index (χ1) is 8.14. The third-order valence-corrected chi connectivity index (χ3v) is 4.36. The van der Waals surface area contributed by atoms with Crippen LogP contribution in [-0.2, 0) is 5.41 Å². The standard InChI is InChI=1S/C13H16F3NS/c1-11(2,17)12(7-8-12)9-3-5-10(6-4-9)18-13(14,15)16/h3-6H,7-8,17H2,1-2H3. The van der Waals surface area contributed by atoms with Gasteiger partial charge in [0.2, 0.25) is 0 Å². The van der Waals surface area contributed by atoms with Crippen LogP contribution >= 0.6 is 11.8 Å². The molecule has 0 unspecified atom stereocenters. The second-order valence-electron chi connectivity index (χ2n) is 5.38. The summed E-state index contributed by atoms with van der Waals surface area (Å²) in [5.41, 5.74) is 2.57. The molecule has 5 heteroatoms. The van der Waals surface area contributed by atoms with Crippen LogP contribution in [0.15, 0.2) is 29.2 Å². The third-order valence-electron chi connectivity index (χ3n) is 3.62. The van der Waals surface area contributed by atoms with E-state index in [1.54, 1.807) is 12.1 Å². The number of rotatable bonds is 3. The minimum Gasteiger partial charge on any atom is -0.325 e. The molecule has 0 heterocycles. The lowest BCUT2D eigenvalue weighted by molar-refractivity contribution is -0.0328. The first kappa shape index (κ1) is 13.7. The molecule has 1 saturated carbocycles. The van der Waals surface area contributed by atoms with Gasteiger partial charge in [0.1, 0.15) is 0 Å². The summed E-state index contributed by atoms with van der Waals surface area (Å²) in [6.07, 6.45) is 2.00. The fraction of sp³-hybridized carbons (Fsp3) is 0.538. The molecule has 1 aromatic carbocycles. The van der Waals surface area contributed by atoms with Gasteiger partial charge in [-0.05, 0) is 56.1 Å². The van der Waals surface area contributed by atoms with Crippen molar-refractivity contribution in [3.05, 3.63) is 29.8 Å². The van der Waals surface area contributed by atoms with Crippen LogP contribution in [0.3, 0.4) is 0 Å². The number of halogens is 3. The number of nitrogens with two attached hydrogens (primary N) is 1. The van der Waals surface area contributed by atoms with Gasteiger partial charge in [-0.25, -0.2) is 0 Å². The minimum atomic E-state index is -4.23. The van der Waals surface area contributed by atoms with E-state index in [1.165, 1.54) is 12.1 Å². The van der Waals surface area contributed by atoms with Crippen LogP contribution in [0.5, 0.6) is 0 Å². The summed E-state index contributed by atoms with van der Waals surface area (Å²) in [7, 11) is 0. The lowest BCUT2D eigenvalue weighted by atomic mass is 9.79. The Morgan fingerprint density at radius 3 is 1.94 bits per heavy atom. The molecule has 1 nitrogen and oxygen atoms in total. The summed E-state index contributed by atoms with van der Waals surface area (Å²) in [5.74, 6) is 0. The van der Waals surface area contributed by atoms with Crippen LogP contribution in [-0.4, -0.2) is 11.0 Å². The zero-order valence-electron chi connectivity index (χ0n) is 10.3. The normalized spacial score (nSPS) is 18.8. The zero-order chi connectivity index (χ0) is 13.6. The van der Waals surface area contributed by atoms with Crippen LogP contribution in [0.25, 0.3) is 0 Å². The second-order valence-corrected chi connectivity index (χ2v) is 6.51. The van der Waals surface area contributed by atoms with E-state index in [1.807, 2.05) is 13.8 Å². The van der Waals surface area contributed by atoms with Gasteiger partial charge in [0.05, 0.1) is 0 Å². The molecule has 0 bridgehead atoms. The largest absolute Gasteiger partial charge is 0.446 e. The van der Waals surface area contributed by atoms with Gasteiger partial charge >= 0.3 is 5.51 Å². The SMILES string of the molecule is CC(C)(N)C1(c2ccc(SC(F)(F)F)cc2)CC1. The molecule has 0 amide bonds. The van der Waals surface area contributed by atoms with Crippen LogP contribution in [0.1, 0.15) is 32.3 Å². The molecule has 0 aliphatic heterocycles. The fourth-order valence-electron chi connectivity index (χ4n) is 2.41. The maximum absolute atomic E-state index is 12.2. The van der Waals surface area contributed by atoms with Gasteiger partial charge < -0.3 is 5.73 Å². The molecule has 1 fully saturated rings. The Labute approximate surface area is 109 Å². The average molecular weight is 275 g/mol. The Balaban J connectivity index is 2.19. The molecular formula is C13H16F3NS. The van der Waals surface area contributed by atoms with Crippen molar-refractivity contribution in [1.82, 2.24) is 0 Å². The van der Waals surface area contributed by atoms with Crippen molar-refractivity contribution in [3.8, 4) is 0 Å². The highest BCUT2D eigenvalue weighted by atomic mass is 32.2. The van der Waals surface area contributed by atoms with E-state index in [4.69, 9.17) is 5.73 Å². The van der Waals surface area contributed by atoms with Crippen molar-refractivity contribution < 1.29 is 13.2 Å². The van der Waals surface area contributed by atoms with Crippen molar-refractivity contribution in [2.45, 2.75) is 48.0 Å². The molecule has 100 valence electrons. The van der Waals surface area contributed by atoms with Gasteiger partial charge in [-0.3, -0.25) is 0 Å². The molecule has 18 heavy (non-hydrogen) atoms. The molecule has 2 rings (SSSR count). The molecule has 0 aromatic heterocycles. The Hall–Kier alpha value is -0.680.